The molecule has 0 unspecified atom stereocenters. The molecule has 0 aliphatic rings. The Morgan fingerprint density at radius 3 is 2.29 bits per heavy atom. The average Bonchev–Trinajstić information content (AvgIpc) is 2.57. The van der Waals surface area contributed by atoms with E-state index in [0.29, 0.717) is 13.0 Å². The standard InChI is InChI=1S/C20H40N2O2/c1-3-4-5-9-12-15-20(24)21-16-18-22(2)17-13-10-7-6-8-11-14-19-23/h9,12,23H,3-8,10-11,13-19H2,1-2H3,(H,21,24)/b12-9+. The first-order chi connectivity index (χ1) is 11.7. The molecule has 0 aliphatic heterocycles. The van der Waals surface area contributed by atoms with Crippen LogP contribution in [0.2, 0.25) is 0 Å². The fourth-order valence-electron chi connectivity index (χ4n) is 2.58. The number of unbranched alkanes of at least 4 members (excludes halogenated alkanes) is 8. The molecule has 0 aromatic rings. The first-order valence-electron chi connectivity index (χ1n) is 9.91. The Morgan fingerprint density at radius 1 is 0.958 bits per heavy atom. The molecule has 0 aromatic heterocycles. The van der Waals surface area contributed by atoms with Gasteiger partial charge in [0, 0.05) is 26.1 Å². The molecule has 142 valence electrons. The van der Waals surface area contributed by atoms with E-state index in [1.54, 1.807) is 0 Å². The topological polar surface area (TPSA) is 52.6 Å². The van der Waals surface area contributed by atoms with Crippen molar-refractivity contribution in [1.29, 1.82) is 0 Å². The maximum Gasteiger partial charge on any atom is 0.223 e. The molecule has 24 heavy (non-hydrogen) atoms. The lowest BCUT2D eigenvalue weighted by Crippen LogP contribution is -2.33. The number of aliphatic hydroxyl groups excluding tert-OH is 1. The second-order valence-electron chi connectivity index (χ2n) is 6.67. The van der Waals surface area contributed by atoms with Crippen LogP contribution in [0.4, 0.5) is 0 Å². The maximum atomic E-state index is 11.7. The van der Waals surface area contributed by atoms with Crippen LogP contribution < -0.4 is 5.32 Å². The SMILES string of the molecule is CCCC/C=C/CC(=O)NCCN(C)CCCCCCCCCO. The third-order valence-electron chi connectivity index (χ3n) is 4.21. The molecule has 0 spiro atoms. The van der Waals surface area contributed by atoms with Crippen molar-refractivity contribution >= 4 is 5.91 Å². The number of amides is 1. The highest BCUT2D eigenvalue weighted by molar-refractivity contribution is 5.77. The van der Waals surface area contributed by atoms with E-state index in [1.165, 1.54) is 44.9 Å². The molecule has 0 heterocycles. The number of carbonyl (C=O) groups is 1. The predicted octanol–water partition coefficient (Wildman–Crippen LogP) is 3.89. The van der Waals surface area contributed by atoms with Gasteiger partial charge in [-0.05, 0) is 32.9 Å². The number of hydrogen-bond acceptors (Lipinski definition) is 3. The first-order valence-corrected chi connectivity index (χ1v) is 9.91. The molecule has 0 aromatic carbocycles. The summed E-state index contributed by atoms with van der Waals surface area (Å²) in [7, 11) is 2.12. The van der Waals surface area contributed by atoms with Crippen LogP contribution in [0.5, 0.6) is 0 Å². The van der Waals surface area contributed by atoms with Gasteiger partial charge < -0.3 is 15.3 Å². The Balaban J connectivity index is 3.37. The monoisotopic (exact) mass is 340 g/mol. The predicted molar refractivity (Wildman–Crippen MR) is 103 cm³/mol. The Labute approximate surface area is 149 Å². The van der Waals surface area contributed by atoms with E-state index >= 15 is 0 Å². The van der Waals surface area contributed by atoms with E-state index in [9.17, 15) is 4.79 Å². The summed E-state index contributed by atoms with van der Waals surface area (Å²) < 4.78 is 0. The zero-order valence-electron chi connectivity index (χ0n) is 16.1. The van der Waals surface area contributed by atoms with Gasteiger partial charge in [0.1, 0.15) is 0 Å². The van der Waals surface area contributed by atoms with Crippen LogP contribution in [0.1, 0.15) is 77.6 Å². The first kappa shape index (κ1) is 23.1. The molecule has 4 heteroatoms. The van der Waals surface area contributed by atoms with E-state index in [0.717, 1.165) is 38.9 Å². The average molecular weight is 341 g/mol. The van der Waals surface area contributed by atoms with Crippen molar-refractivity contribution in [2.24, 2.45) is 0 Å². The summed E-state index contributed by atoms with van der Waals surface area (Å²) in [6.07, 6.45) is 16.5. The molecule has 0 atom stereocenters. The van der Waals surface area contributed by atoms with Crippen molar-refractivity contribution in [1.82, 2.24) is 10.2 Å². The van der Waals surface area contributed by atoms with Crippen LogP contribution >= 0.6 is 0 Å². The highest BCUT2D eigenvalue weighted by atomic mass is 16.2. The number of likely N-dealkylation sites (N-methyl/N-ethyl adjacent to an activating group) is 1. The third-order valence-corrected chi connectivity index (χ3v) is 4.21. The normalized spacial score (nSPS) is 11.5. The zero-order chi connectivity index (χ0) is 17.9. The fraction of sp³-hybridized carbons (Fsp3) is 0.850. The number of aliphatic hydroxyl groups is 1. The van der Waals surface area contributed by atoms with Gasteiger partial charge >= 0.3 is 0 Å². The minimum atomic E-state index is 0.124. The lowest BCUT2D eigenvalue weighted by molar-refractivity contribution is -0.120. The minimum absolute atomic E-state index is 0.124. The molecular weight excluding hydrogens is 300 g/mol. The van der Waals surface area contributed by atoms with Gasteiger partial charge in [-0.15, -0.1) is 0 Å². The molecule has 0 aliphatic carbocycles. The van der Waals surface area contributed by atoms with Crippen molar-refractivity contribution in [2.75, 3.05) is 33.3 Å². The van der Waals surface area contributed by atoms with Crippen LogP contribution in [-0.4, -0.2) is 49.2 Å². The molecule has 4 nitrogen and oxygen atoms in total. The van der Waals surface area contributed by atoms with Gasteiger partial charge in [-0.25, -0.2) is 0 Å². The van der Waals surface area contributed by atoms with Crippen LogP contribution in [0.25, 0.3) is 0 Å². The summed E-state index contributed by atoms with van der Waals surface area (Å²) in [6, 6.07) is 0. The molecule has 0 bridgehead atoms. The molecule has 0 fully saturated rings. The highest BCUT2D eigenvalue weighted by Crippen LogP contribution is 2.07. The van der Waals surface area contributed by atoms with Gasteiger partial charge in [-0.1, -0.05) is 64.0 Å². The lowest BCUT2D eigenvalue weighted by Gasteiger charge is -2.16. The molecule has 0 saturated carbocycles. The largest absolute Gasteiger partial charge is 0.396 e. The molecule has 0 saturated heterocycles. The van der Waals surface area contributed by atoms with E-state index in [2.05, 4.69) is 30.3 Å². The number of nitrogens with zero attached hydrogens (tertiary/aromatic N) is 1. The van der Waals surface area contributed by atoms with Gasteiger partial charge in [-0.2, -0.15) is 0 Å². The molecule has 1 amide bonds. The summed E-state index contributed by atoms with van der Waals surface area (Å²) >= 11 is 0. The van der Waals surface area contributed by atoms with Crippen LogP contribution in [0.15, 0.2) is 12.2 Å². The van der Waals surface area contributed by atoms with Crippen molar-refractivity contribution in [3.63, 3.8) is 0 Å². The van der Waals surface area contributed by atoms with Gasteiger partial charge in [0.15, 0.2) is 0 Å². The van der Waals surface area contributed by atoms with E-state index in [4.69, 9.17) is 5.11 Å². The van der Waals surface area contributed by atoms with Crippen molar-refractivity contribution in [2.45, 2.75) is 77.6 Å². The Bertz CT molecular complexity index is 306. The quantitative estimate of drug-likeness (QED) is 0.312. The minimum Gasteiger partial charge on any atom is -0.396 e. The zero-order valence-corrected chi connectivity index (χ0v) is 16.1. The summed E-state index contributed by atoms with van der Waals surface area (Å²) in [4.78, 5) is 14.0. The Kier molecular flexibility index (Phi) is 17.8. The van der Waals surface area contributed by atoms with Gasteiger partial charge in [0.25, 0.3) is 0 Å². The molecule has 0 rings (SSSR count). The maximum absolute atomic E-state index is 11.7. The van der Waals surface area contributed by atoms with Gasteiger partial charge in [-0.3, -0.25) is 4.79 Å². The number of rotatable bonds is 17. The fourth-order valence-corrected chi connectivity index (χ4v) is 2.58. The lowest BCUT2D eigenvalue weighted by atomic mass is 10.1. The van der Waals surface area contributed by atoms with Gasteiger partial charge in [0.2, 0.25) is 5.91 Å². The summed E-state index contributed by atoms with van der Waals surface area (Å²) in [5.41, 5.74) is 0. The van der Waals surface area contributed by atoms with Gasteiger partial charge in [0.05, 0.1) is 0 Å². The van der Waals surface area contributed by atoms with E-state index < -0.39 is 0 Å². The summed E-state index contributed by atoms with van der Waals surface area (Å²) in [5, 5.41) is 11.7. The second-order valence-corrected chi connectivity index (χ2v) is 6.67. The summed E-state index contributed by atoms with van der Waals surface area (Å²) in [5.74, 6) is 0.124. The van der Waals surface area contributed by atoms with E-state index in [-0.39, 0.29) is 5.91 Å². The molecule has 0 radical (unpaired) electrons. The Morgan fingerprint density at radius 2 is 1.62 bits per heavy atom. The summed E-state index contributed by atoms with van der Waals surface area (Å²) in [6.45, 7) is 5.26. The van der Waals surface area contributed by atoms with Crippen LogP contribution in [0, 0.1) is 0 Å². The third kappa shape index (κ3) is 17.5. The van der Waals surface area contributed by atoms with Crippen molar-refractivity contribution in [3.8, 4) is 0 Å². The highest BCUT2D eigenvalue weighted by Gasteiger charge is 2.01. The number of hydrogen-bond donors (Lipinski definition) is 2. The number of allylic oxidation sites excluding steroid dienone is 1. The smallest absolute Gasteiger partial charge is 0.223 e. The second kappa shape index (κ2) is 18.5. The van der Waals surface area contributed by atoms with E-state index in [1.807, 2.05) is 6.08 Å². The molecule has 2 N–H and O–H groups in total. The Hall–Kier alpha value is -0.870. The number of nitrogens with one attached hydrogen (secondary N) is 1. The van der Waals surface area contributed by atoms with Crippen molar-refractivity contribution < 1.29 is 9.90 Å². The van der Waals surface area contributed by atoms with Crippen LogP contribution in [0.3, 0.4) is 0 Å². The number of carbonyl (C=O) groups excluding carboxylic acids is 1. The van der Waals surface area contributed by atoms with Crippen molar-refractivity contribution in [3.05, 3.63) is 12.2 Å². The van der Waals surface area contributed by atoms with Crippen LogP contribution in [-0.2, 0) is 4.79 Å². The molecular formula is C20H40N2O2.